The number of H-pyrrole nitrogens is 1. The SMILES string of the molecule is O=C(NCC(O)c1ccccc1F)c1cc(-c2ccc(F)cc2)n[nH]1. The van der Waals surface area contributed by atoms with E-state index in [4.69, 9.17) is 0 Å². The smallest absolute Gasteiger partial charge is 0.269 e. The fraction of sp³-hybridized carbons (Fsp3) is 0.111. The molecule has 0 saturated heterocycles. The number of halogens is 2. The Kier molecular flexibility index (Phi) is 4.85. The predicted octanol–water partition coefficient (Wildman–Crippen LogP) is 2.82. The molecule has 3 rings (SSSR count). The summed E-state index contributed by atoms with van der Waals surface area (Å²) in [5.74, 6) is -1.39. The summed E-state index contributed by atoms with van der Waals surface area (Å²) in [4.78, 5) is 12.1. The van der Waals surface area contributed by atoms with Gasteiger partial charge in [-0.25, -0.2) is 8.78 Å². The summed E-state index contributed by atoms with van der Waals surface area (Å²) in [6.45, 7) is -0.148. The molecule has 1 heterocycles. The molecule has 128 valence electrons. The molecule has 0 saturated carbocycles. The summed E-state index contributed by atoms with van der Waals surface area (Å²) in [5, 5.41) is 19.1. The van der Waals surface area contributed by atoms with E-state index in [1.165, 1.54) is 36.4 Å². The number of benzene rings is 2. The van der Waals surface area contributed by atoms with Crippen molar-refractivity contribution in [2.45, 2.75) is 6.10 Å². The minimum absolute atomic E-state index is 0.111. The number of hydrogen-bond donors (Lipinski definition) is 3. The fourth-order valence-electron chi connectivity index (χ4n) is 2.35. The Balaban J connectivity index is 1.64. The molecule has 0 bridgehead atoms. The molecule has 3 aromatic rings. The number of carbonyl (C=O) groups is 1. The van der Waals surface area contributed by atoms with E-state index in [2.05, 4.69) is 15.5 Å². The highest BCUT2D eigenvalue weighted by Crippen LogP contribution is 2.18. The second-order valence-corrected chi connectivity index (χ2v) is 5.42. The van der Waals surface area contributed by atoms with Crippen LogP contribution >= 0.6 is 0 Å². The predicted molar refractivity (Wildman–Crippen MR) is 87.7 cm³/mol. The Morgan fingerprint density at radius 1 is 1.16 bits per heavy atom. The maximum Gasteiger partial charge on any atom is 0.269 e. The lowest BCUT2D eigenvalue weighted by atomic mass is 10.1. The van der Waals surface area contributed by atoms with E-state index in [9.17, 15) is 18.7 Å². The van der Waals surface area contributed by atoms with Gasteiger partial charge < -0.3 is 10.4 Å². The zero-order valence-electron chi connectivity index (χ0n) is 13.0. The van der Waals surface area contributed by atoms with Crippen LogP contribution in [0.25, 0.3) is 11.3 Å². The number of aromatic nitrogens is 2. The monoisotopic (exact) mass is 343 g/mol. The summed E-state index contributed by atoms with van der Waals surface area (Å²) in [5.41, 5.74) is 1.43. The van der Waals surface area contributed by atoms with Crippen molar-refractivity contribution in [1.82, 2.24) is 15.5 Å². The first-order chi connectivity index (χ1) is 12.0. The van der Waals surface area contributed by atoms with E-state index in [-0.39, 0.29) is 23.6 Å². The minimum atomic E-state index is -1.16. The Morgan fingerprint density at radius 2 is 1.88 bits per heavy atom. The van der Waals surface area contributed by atoms with Crippen molar-refractivity contribution in [2.75, 3.05) is 6.54 Å². The van der Waals surface area contributed by atoms with Gasteiger partial charge in [-0.2, -0.15) is 5.10 Å². The minimum Gasteiger partial charge on any atom is -0.386 e. The molecular formula is C18H15F2N3O2. The van der Waals surface area contributed by atoms with Gasteiger partial charge in [0.25, 0.3) is 5.91 Å². The molecule has 3 N–H and O–H groups in total. The highest BCUT2D eigenvalue weighted by atomic mass is 19.1. The Morgan fingerprint density at radius 3 is 2.60 bits per heavy atom. The van der Waals surface area contributed by atoms with Gasteiger partial charge >= 0.3 is 0 Å². The van der Waals surface area contributed by atoms with Gasteiger partial charge in [-0.1, -0.05) is 18.2 Å². The van der Waals surface area contributed by atoms with E-state index in [0.29, 0.717) is 11.3 Å². The van der Waals surface area contributed by atoms with Gasteiger partial charge in [0, 0.05) is 17.7 Å². The quantitative estimate of drug-likeness (QED) is 0.667. The van der Waals surface area contributed by atoms with Crippen LogP contribution < -0.4 is 5.32 Å². The van der Waals surface area contributed by atoms with Crippen LogP contribution in [0.2, 0.25) is 0 Å². The number of aliphatic hydroxyl groups is 1. The van der Waals surface area contributed by atoms with Crippen molar-refractivity contribution in [2.24, 2.45) is 0 Å². The number of aliphatic hydroxyl groups excluding tert-OH is 1. The molecule has 0 aliphatic carbocycles. The number of carbonyl (C=O) groups excluding carboxylic acids is 1. The molecule has 1 unspecified atom stereocenters. The molecule has 2 aromatic carbocycles. The third kappa shape index (κ3) is 3.89. The average Bonchev–Trinajstić information content (AvgIpc) is 3.10. The van der Waals surface area contributed by atoms with Crippen molar-refractivity contribution in [1.29, 1.82) is 0 Å². The molecular weight excluding hydrogens is 328 g/mol. The molecule has 1 amide bonds. The second-order valence-electron chi connectivity index (χ2n) is 5.42. The van der Waals surface area contributed by atoms with E-state index in [1.54, 1.807) is 18.2 Å². The van der Waals surface area contributed by atoms with Crippen LogP contribution in [-0.2, 0) is 0 Å². The maximum absolute atomic E-state index is 13.6. The zero-order valence-corrected chi connectivity index (χ0v) is 13.0. The number of hydrogen-bond acceptors (Lipinski definition) is 3. The van der Waals surface area contributed by atoms with Gasteiger partial charge in [0.1, 0.15) is 17.3 Å². The van der Waals surface area contributed by atoms with Gasteiger partial charge in [-0.05, 0) is 36.4 Å². The van der Waals surface area contributed by atoms with Gasteiger partial charge in [-0.3, -0.25) is 9.89 Å². The van der Waals surface area contributed by atoms with Gasteiger partial charge in [0.15, 0.2) is 0 Å². The number of rotatable bonds is 5. The number of nitrogens with one attached hydrogen (secondary N) is 2. The topological polar surface area (TPSA) is 78.0 Å². The van der Waals surface area contributed by atoms with Crippen LogP contribution in [0.3, 0.4) is 0 Å². The van der Waals surface area contributed by atoms with E-state index < -0.39 is 17.8 Å². The maximum atomic E-state index is 13.6. The molecule has 0 aliphatic heterocycles. The van der Waals surface area contributed by atoms with Crippen LogP contribution in [0.5, 0.6) is 0 Å². The second kappa shape index (κ2) is 7.23. The lowest BCUT2D eigenvalue weighted by Gasteiger charge is -2.12. The molecule has 0 spiro atoms. The Labute approximate surface area is 142 Å². The van der Waals surface area contributed by atoms with E-state index >= 15 is 0 Å². The largest absolute Gasteiger partial charge is 0.386 e. The third-order valence-corrected chi connectivity index (χ3v) is 3.68. The molecule has 0 aliphatic rings. The van der Waals surface area contributed by atoms with E-state index in [1.807, 2.05) is 0 Å². The summed E-state index contributed by atoms with van der Waals surface area (Å²) in [6.07, 6.45) is -1.16. The molecule has 7 heteroatoms. The van der Waals surface area contributed by atoms with Gasteiger partial charge in [0.05, 0.1) is 11.8 Å². The number of nitrogens with zero attached hydrogens (tertiary/aromatic N) is 1. The number of aromatic amines is 1. The standard InChI is InChI=1S/C18H15F2N3O2/c19-12-7-5-11(6-8-12)15-9-16(23-22-15)18(25)21-10-17(24)13-3-1-2-4-14(13)20/h1-9,17,24H,10H2,(H,21,25)(H,22,23). The lowest BCUT2D eigenvalue weighted by Crippen LogP contribution is -2.29. The molecule has 0 radical (unpaired) electrons. The third-order valence-electron chi connectivity index (χ3n) is 3.68. The van der Waals surface area contributed by atoms with Crippen LogP contribution in [0.15, 0.2) is 54.6 Å². The van der Waals surface area contributed by atoms with Crippen molar-refractivity contribution in [3.8, 4) is 11.3 Å². The average molecular weight is 343 g/mol. The molecule has 25 heavy (non-hydrogen) atoms. The summed E-state index contributed by atoms with van der Waals surface area (Å²) < 4.78 is 26.5. The Hall–Kier alpha value is -3.06. The highest BCUT2D eigenvalue weighted by Gasteiger charge is 2.15. The van der Waals surface area contributed by atoms with Crippen LogP contribution in [0.4, 0.5) is 8.78 Å². The number of amides is 1. The van der Waals surface area contributed by atoms with Gasteiger partial charge in [-0.15, -0.1) is 0 Å². The van der Waals surface area contributed by atoms with Crippen molar-refractivity contribution in [3.05, 3.63) is 77.5 Å². The molecule has 5 nitrogen and oxygen atoms in total. The molecule has 0 fully saturated rings. The van der Waals surface area contributed by atoms with Crippen molar-refractivity contribution < 1.29 is 18.7 Å². The summed E-state index contributed by atoms with van der Waals surface area (Å²) >= 11 is 0. The zero-order chi connectivity index (χ0) is 17.8. The van der Waals surface area contributed by atoms with Crippen molar-refractivity contribution >= 4 is 5.91 Å². The van der Waals surface area contributed by atoms with Crippen molar-refractivity contribution in [3.63, 3.8) is 0 Å². The van der Waals surface area contributed by atoms with Crippen LogP contribution in [0, 0.1) is 11.6 Å². The normalized spacial score (nSPS) is 12.0. The summed E-state index contributed by atoms with van der Waals surface area (Å²) in [6, 6.07) is 13.0. The van der Waals surface area contributed by atoms with Crippen LogP contribution in [0.1, 0.15) is 22.2 Å². The first-order valence-corrected chi connectivity index (χ1v) is 7.56. The van der Waals surface area contributed by atoms with Crippen LogP contribution in [-0.4, -0.2) is 27.8 Å². The Bertz CT molecular complexity index is 878. The first kappa shape index (κ1) is 16.8. The first-order valence-electron chi connectivity index (χ1n) is 7.56. The summed E-state index contributed by atoms with van der Waals surface area (Å²) in [7, 11) is 0. The van der Waals surface area contributed by atoms with Gasteiger partial charge in [0.2, 0.25) is 0 Å². The fourth-order valence-corrected chi connectivity index (χ4v) is 2.35. The lowest BCUT2D eigenvalue weighted by molar-refractivity contribution is 0.0909. The molecule has 1 aromatic heterocycles. The molecule has 1 atom stereocenters. The van der Waals surface area contributed by atoms with E-state index in [0.717, 1.165) is 0 Å². The highest BCUT2D eigenvalue weighted by molar-refractivity contribution is 5.93.